The molecular formula is C17H21F2N3. The standard InChI is InChI=1S/C17H21F2N3/c1-22(2)8-7-12-9-16(21)15(17(18)19)10-14(12)11-3-5-13(20)6-4-11/h3-6,9-10,17H,7-8,20-21H2,1-2H3. The van der Waals surface area contributed by atoms with Gasteiger partial charge in [-0.15, -0.1) is 0 Å². The van der Waals surface area contributed by atoms with Crippen molar-refractivity contribution in [1.82, 2.24) is 4.90 Å². The quantitative estimate of drug-likeness (QED) is 0.830. The van der Waals surface area contributed by atoms with Crippen molar-refractivity contribution in [2.75, 3.05) is 32.1 Å². The van der Waals surface area contributed by atoms with Gasteiger partial charge in [0.05, 0.1) is 0 Å². The zero-order valence-corrected chi connectivity index (χ0v) is 12.8. The summed E-state index contributed by atoms with van der Waals surface area (Å²) in [7, 11) is 3.94. The Morgan fingerprint density at radius 1 is 1.05 bits per heavy atom. The number of benzene rings is 2. The monoisotopic (exact) mass is 305 g/mol. The zero-order chi connectivity index (χ0) is 16.3. The van der Waals surface area contributed by atoms with Crippen LogP contribution in [0.2, 0.25) is 0 Å². The Bertz CT molecular complexity index is 637. The summed E-state index contributed by atoms with van der Waals surface area (Å²) in [5.41, 5.74) is 14.7. The Morgan fingerprint density at radius 3 is 2.23 bits per heavy atom. The van der Waals surface area contributed by atoms with E-state index in [4.69, 9.17) is 11.5 Å². The molecule has 0 aromatic heterocycles. The number of nitrogens with zero attached hydrogens (tertiary/aromatic N) is 1. The van der Waals surface area contributed by atoms with E-state index in [1.54, 1.807) is 18.2 Å². The molecule has 0 radical (unpaired) electrons. The van der Waals surface area contributed by atoms with Crippen molar-refractivity contribution >= 4 is 11.4 Å². The van der Waals surface area contributed by atoms with Gasteiger partial charge in [-0.05, 0) is 61.5 Å². The van der Waals surface area contributed by atoms with Crippen LogP contribution >= 0.6 is 0 Å². The van der Waals surface area contributed by atoms with Crippen LogP contribution < -0.4 is 11.5 Å². The second kappa shape index (κ2) is 6.75. The predicted molar refractivity (Wildman–Crippen MR) is 87.9 cm³/mol. The lowest BCUT2D eigenvalue weighted by molar-refractivity contribution is 0.152. The Hall–Kier alpha value is -2.14. The molecule has 0 saturated heterocycles. The lowest BCUT2D eigenvalue weighted by atomic mass is 9.94. The number of halogens is 2. The molecule has 118 valence electrons. The Morgan fingerprint density at radius 2 is 1.68 bits per heavy atom. The van der Waals surface area contributed by atoms with Gasteiger partial charge in [-0.2, -0.15) is 0 Å². The van der Waals surface area contributed by atoms with Gasteiger partial charge in [0.2, 0.25) is 0 Å². The van der Waals surface area contributed by atoms with Crippen molar-refractivity contribution in [2.45, 2.75) is 12.8 Å². The number of nitrogen functional groups attached to an aromatic ring is 2. The normalized spacial score (nSPS) is 11.4. The van der Waals surface area contributed by atoms with Crippen LogP contribution in [0.1, 0.15) is 17.6 Å². The summed E-state index contributed by atoms with van der Waals surface area (Å²) < 4.78 is 26.3. The number of hydrogen-bond donors (Lipinski definition) is 2. The molecule has 0 unspecified atom stereocenters. The van der Waals surface area contributed by atoms with E-state index in [9.17, 15) is 8.78 Å². The largest absolute Gasteiger partial charge is 0.399 e. The number of rotatable bonds is 5. The minimum Gasteiger partial charge on any atom is -0.399 e. The Balaban J connectivity index is 2.51. The maximum Gasteiger partial charge on any atom is 0.265 e. The van der Waals surface area contributed by atoms with Crippen LogP contribution in [0.4, 0.5) is 20.2 Å². The van der Waals surface area contributed by atoms with E-state index in [1.807, 2.05) is 31.1 Å². The first-order valence-electron chi connectivity index (χ1n) is 7.09. The van der Waals surface area contributed by atoms with E-state index in [0.717, 1.165) is 29.7 Å². The summed E-state index contributed by atoms with van der Waals surface area (Å²) in [6.07, 6.45) is -1.85. The third-order valence-corrected chi connectivity index (χ3v) is 3.59. The summed E-state index contributed by atoms with van der Waals surface area (Å²) in [4.78, 5) is 2.05. The molecule has 0 fully saturated rings. The molecule has 3 nitrogen and oxygen atoms in total. The van der Waals surface area contributed by atoms with E-state index in [1.165, 1.54) is 6.07 Å². The van der Waals surface area contributed by atoms with Crippen LogP contribution in [0.3, 0.4) is 0 Å². The number of nitrogens with two attached hydrogens (primary N) is 2. The second-order valence-corrected chi connectivity index (χ2v) is 5.61. The lowest BCUT2D eigenvalue weighted by Gasteiger charge is -2.16. The molecular weight excluding hydrogens is 284 g/mol. The summed E-state index contributed by atoms with van der Waals surface area (Å²) in [6, 6.07) is 10.4. The molecule has 0 aliphatic rings. The maximum atomic E-state index is 13.1. The fourth-order valence-corrected chi connectivity index (χ4v) is 2.35. The van der Waals surface area contributed by atoms with Crippen LogP contribution in [0.5, 0.6) is 0 Å². The molecule has 0 aliphatic heterocycles. The van der Waals surface area contributed by atoms with E-state index in [-0.39, 0.29) is 11.3 Å². The van der Waals surface area contributed by atoms with Crippen molar-refractivity contribution < 1.29 is 8.78 Å². The van der Waals surface area contributed by atoms with E-state index >= 15 is 0 Å². The van der Waals surface area contributed by atoms with Gasteiger partial charge in [0.25, 0.3) is 6.43 Å². The van der Waals surface area contributed by atoms with Crippen LogP contribution in [0, 0.1) is 0 Å². The molecule has 5 heteroatoms. The fourth-order valence-electron chi connectivity index (χ4n) is 2.35. The summed E-state index contributed by atoms with van der Waals surface area (Å²) in [6.45, 7) is 0.815. The fraction of sp³-hybridized carbons (Fsp3) is 0.294. The summed E-state index contributed by atoms with van der Waals surface area (Å²) in [5.74, 6) is 0. The van der Waals surface area contributed by atoms with Gasteiger partial charge in [0.1, 0.15) is 0 Å². The minimum atomic E-state index is -2.59. The molecule has 0 aliphatic carbocycles. The molecule has 4 N–H and O–H groups in total. The maximum absolute atomic E-state index is 13.1. The van der Waals surface area contributed by atoms with Crippen molar-refractivity contribution in [3.05, 3.63) is 47.5 Å². The van der Waals surface area contributed by atoms with Crippen molar-refractivity contribution in [2.24, 2.45) is 0 Å². The number of alkyl halides is 2. The lowest BCUT2D eigenvalue weighted by Crippen LogP contribution is -2.15. The van der Waals surface area contributed by atoms with Crippen LogP contribution in [-0.2, 0) is 6.42 Å². The van der Waals surface area contributed by atoms with Gasteiger partial charge in [-0.25, -0.2) is 8.78 Å². The number of anilines is 2. The van der Waals surface area contributed by atoms with Crippen molar-refractivity contribution in [1.29, 1.82) is 0 Å². The van der Waals surface area contributed by atoms with Gasteiger partial charge in [-0.1, -0.05) is 12.1 Å². The average Bonchev–Trinajstić information content (AvgIpc) is 2.45. The predicted octanol–water partition coefficient (Wildman–Crippen LogP) is 3.56. The molecule has 0 amide bonds. The van der Waals surface area contributed by atoms with Gasteiger partial charge in [0.15, 0.2) is 0 Å². The van der Waals surface area contributed by atoms with E-state index in [2.05, 4.69) is 0 Å². The Kier molecular flexibility index (Phi) is 4.98. The third kappa shape index (κ3) is 3.74. The highest BCUT2D eigenvalue weighted by Gasteiger charge is 2.16. The van der Waals surface area contributed by atoms with E-state index < -0.39 is 6.43 Å². The van der Waals surface area contributed by atoms with Gasteiger partial charge in [0, 0.05) is 23.5 Å². The molecule has 0 atom stereocenters. The van der Waals surface area contributed by atoms with Crippen LogP contribution in [0.25, 0.3) is 11.1 Å². The van der Waals surface area contributed by atoms with Crippen LogP contribution in [0.15, 0.2) is 36.4 Å². The molecule has 2 rings (SSSR count). The first-order valence-corrected chi connectivity index (χ1v) is 7.09. The van der Waals surface area contributed by atoms with Crippen molar-refractivity contribution in [3.63, 3.8) is 0 Å². The zero-order valence-electron chi connectivity index (χ0n) is 12.8. The van der Waals surface area contributed by atoms with Gasteiger partial charge in [-0.3, -0.25) is 0 Å². The highest BCUT2D eigenvalue weighted by molar-refractivity contribution is 5.73. The van der Waals surface area contributed by atoms with Crippen molar-refractivity contribution in [3.8, 4) is 11.1 Å². The molecule has 0 heterocycles. The smallest absolute Gasteiger partial charge is 0.265 e. The molecule has 0 saturated carbocycles. The van der Waals surface area contributed by atoms with Gasteiger partial charge >= 0.3 is 0 Å². The minimum absolute atomic E-state index is 0.125. The second-order valence-electron chi connectivity index (χ2n) is 5.61. The SMILES string of the molecule is CN(C)CCc1cc(N)c(C(F)F)cc1-c1ccc(N)cc1. The number of hydrogen-bond acceptors (Lipinski definition) is 3. The van der Waals surface area contributed by atoms with Gasteiger partial charge < -0.3 is 16.4 Å². The Labute approximate surface area is 129 Å². The van der Waals surface area contributed by atoms with E-state index in [0.29, 0.717) is 5.69 Å². The average molecular weight is 305 g/mol. The molecule has 22 heavy (non-hydrogen) atoms. The summed E-state index contributed by atoms with van der Waals surface area (Å²) >= 11 is 0. The highest BCUT2D eigenvalue weighted by atomic mass is 19.3. The third-order valence-electron chi connectivity index (χ3n) is 3.59. The number of likely N-dealkylation sites (N-methyl/N-ethyl adjacent to an activating group) is 1. The highest BCUT2D eigenvalue weighted by Crippen LogP contribution is 2.34. The first kappa shape index (κ1) is 16.2. The molecule has 0 bridgehead atoms. The topological polar surface area (TPSA) is 55.3 Å². The molecule has 2 aromatic rings. The summed E-state index contributed by atoms with van der Waals surface area (Å²) in [5, 5.41) is 0. The molecule has 2 aromatic carbocycles. The molecule has 0 spiro atoms. The van der Waals surface area contributed by atoms with Crippen LogP contribution in [-0.4, -0.2) is 25.5 Å². The first-order chi connectivity index (χ1) is 10.4.